The Morgan fingerprint density at radius 1 is 1.00 bits per heavy atom. The van der Waals surface area contributed by atoms with Crippen LogP contribution >= 0.6 is 0 Å². The smallest absolute Gasteiger partial charge is 0.220 e. The van der Waals surface area contributed by atoms with Crippen molar-refractivity contribution in [1.29, 1.82) is 0 Å². The van der Waals surface area contributed by atoms with Crippen LogP contribution in [0.2, 0.25) is 0 Å². The topological polar surface area (TPSA) is 60.0 Å². The maximum atomic E-state index is 11.6. The van der Waals surface area contributed by atoms with E-state index in [-0.39, 0.29) is 5.91 Å². The van der Waals surface area contributed by atoms with Gasteiger partial charge in [0.15, 0.2) is 5.96 Å². The van der Waals surface area contributed by atoms with Crippen molar-refractivity contribution in [2.45, 2.75) is 38.8 Å². The summed E-state index contributed by atoms with van der Waals surface area (Å²) in [5.74, 6) is 1.60. The second kappa shape index (κ2) is 13.6. The SMILES string of the molecule is CN=C(NCCCN(Cc1ccccc1)Cc1ccccc1)N1CCC(CC(=O)NC)CC1. The third kappa shape index (κ3) is 8.54. The summed E-state index contributed by atoms with van der Waals surface area (Å²) in [4.78, 5) is 21.0. The quantitative estimate of drug-likeness (QED) is 0.331. The molecule has 2 N–H and O–H groups in total. The van der Waals surface area contributed by atoms with Crippen molar-refractivity contribution in [2.24, 2.45) is 10.9 Å². The Kier molecular flexibility index (Phi) is 10.2. The molecule has 0 unspecified atom stereocenters. The number of carbonyl (C=O) groups is 1. The average molecular weight is 450 g/mol. The number of amides is 1. The van der Waals surface area contributed by atoms with Gasteiger partial charge in [0.1, 0.15) is 0 Å². The van der Waals surface area contributed by atoms with E-state index in [1.54, 1.807) is 7.05 Å². The van der Waals surface area contributed by atoms with E-state index in [0.29, 0.717) is 12.3 Å². The van der Waals surface area contributed by atoms with Gasteiger partial charge in [-0.25, -0.2) is 0 Å². The van der Waals surface area contributed by atoms with Crippen molar-refractivity contribution >= 4 is 11.9 Å². The second-order valence-corrected chi connectivity index (χ2v) is 8.82. The van der Waals surface area contributed by atoms with E-state index >= 15 is 0 Å². The first kappa shape index (κ1) is 24.8. The third-order valence-electron chi connectivity index (χ3n) is 6.31. The number of rotatable bonds is 10. The molecule has 1 aliphatic rings. The molecule has 0 aromatic heterocycles. The molecule has 1 aliphatic heterocycles. The number of nitrogens with one attached hydrogen (secondary N) is 2. The molecule has 0 radical (unpaired) electrons. The fourth-order valence-corrected chi connectivity index (χ4v) is 4.45. The Morgan fingerprint density at radius 3 is 2.09 bits per heavy atom. The molecule has 178 valence electrons. The van der Waals surface area contributed by atoms with Crippen LogP contribution in [-0.2, 0) is 17.9 Å². The van der Waals surface area contributed by atoms with E-state index in [4.69, 9.17) is 0 Å². The molecule has 0 aliphatic carbocycles. The minimum absolute atomic E-state index is 0.145. The van der Waals surface area contributed by atoms with Crippen LogP contribution in [0.15, 0.2) is 65.7 Å². The van der Waals surface area contributed by atoms with Gasteiger partial charge < -0.3 is 15.5 Å². The highest BCUT2D eigenvalue weighted by molar-refractivity contribution is 5.80. The Balaban J connectivity index is 1.45. The van der Waals surface area contributed by atoms with Crippen LogP contribution < -0.4 is 10.6 Å². The number of piperidine rings is 1. The number of benzene rings is 2. The van der Waals surface area contributed by atoms with E-state index in [1.807, 2.05) is 7.05 Å². The molecule has 1 heterocycles. The average Bonchev–Trinajstić information content (AvgIpc) is 2.86. The van der Waals surface area contributed by atoms with Crippen LogP contribution in [0.4, 0.5) is 0 Å². The lowest BCUT2D eigenvalue weighted by Gasteiger charge is -2.34. The van der Waals surface area contributed by atoms with Crippen molar-refractivity contribution in [3.8, 4) is 0 Å². The number of nitrogens with zero attached hydrogens (tertiary/aromatic N) is 3. The Morgan fingerprint density at radius 2 is 1.58 bits per heavy atom. The number of carbonyl (C=O) groups excluding carboxylic acids is 1. The zero-order chi connectivity index (χ0) is 23.3. The largest absolute Gasteiger partial charge is 0.359 e. The molecule has 2 aromatic carbocycles. The molecule has 1 amide bonds. The zero-order valence-electron chi connectivity index (χ0n) is 20.2. The molecule has 1 fully saturated rings. The molecule has 0 spiro atoms. The van der Waals surface area contributed by atoms with Crippen LogP contribution in [0.3, 0.4) is 0 Å². The monoisotopic (exact) mass is 449 g/mol. The summed E-state index contributed by atoms with van der Waals surface area (Å²) in [6.07, 6.45) is 3.76. The van der Waals surface area contributed by atoms with Gasteiger partial charge in [0.05, 0.1) is 0 Å². The van der Waals surface area contributed by atoms with Gasteiger partial charge in [-0.05, 0) is 36.3 Å². The van der Waals surface area contributed by atoms with Crippen molar-refractivity contribution in [1.82, 2.24) is 20.4 Å². The number of aliphatic imine (C=N–C) groups is 1. The highest BCUT2D eigenvalue weighted by Gasteiger charge is 2.23. The molecular formula is C27H39N5O. The van der Waals surface area contributed by atoms with E-state index in [0.717, 1.165) is 64.5 Å². The molecule has 3 rings (SSSR count). The summed E-state index contributed by atoms with van der Waals surface area (Å²) in [5.41, 5.74) is 2.69. The van der Waals surface area contributed by atoms with E-state index < -0.39 is 0 Å². The van der Waals surface area contributed by atoms with Crippen molar-refractivity contribution < 1.29 is 4.79 Å². The zero-order valence-corrected chi connectivity index (χ0v) is 20.2. The Bertz CT molecular complexity index is 806. The molecule has 6 heteroatoms. The Hall–Kier alpha value is -2.86. The van der Waals surface area contributed by atoms with Crippen molar-refractivity contribution in [2.75, 3.05) is 40.3 Å². The van der Waals surface area contributed by atoms with Crippen LogP contribution in [0.25, 0.3) is 0 Å². The van der Waals surface area contributed by atoms with Gasteiger partial charge in [0.25, 0.3) is 0 Å². The molecule has 0 saturated carbocycles. The lowest BCUT2D eigenvalue weighted by atomic mass is 9.93. The number of hydrogen-bond acceptors (Lipinski definition) is 3. The fraction of sp³-hybridized carbons (Fsp3) is 0.481. The van der Waals surface area contributed by atoms with Gasteiger partial charge in [-0.15, -0.1) is 0 Å². The summed E-state index contributed by atoms with van der Waals surface area (Å²) in [5, 5.41) is 6.30. The predicted octanol–water partition coefficient (Wildman–Crippen LogP) is 3.50. The van der Waals surface area contributed by atoms with E-state index in [2.05, 4.69) is 86.1 Å². The van der Waals surface area contributed by atoms with E-state index in [1.165, 1.54) is 11.1 Å². The molecule has 33 heavy (non-hydrogen) atoms. The predicted molar refractivity (Wildman–Crippen MR) is 136 cm³/mol. The third-order valence-corrected chi connectivity index (χ3v) is 6.31. The van der Waals surface area contributed by atoms with Crippen LogP contribution in [0.5, 0.6) is 0 Å². The van der Waals surface area contributed by atoms with Crippen LogP contribution in [-0.4, -0.2) is 61.9 Å². The first-order chi connectivity index (χ1) is 16.2. The maximum absolute atomic E-state index is 11.6. The van der Waals surface area contributed by atoms with Gasteiger partial charge in [0, 0.05) is 59.8 Å². The first-order valence-electron chi connectivity index (χ1n) is 12.1. The number of guanidine groups is 1. The van der Waals surface area contributed by atoms with Crippen molar-refractivity contribution in [3.05, 3.63) is 71.8 Å². The highest BCUT2D eigenvalue weighted by atomic mass is 16.1. The maximum Gasteiger partial charge on any atom is 0.220 e. The first-order valence-corrected chi connectivity index (χ1v) is 12.1. The minimum atomic E-state index is 0.145. The summed E-state index contributed by atoms with van der Waals surface area (Å²) in [6.45, 7) is 5.71. The summed E-state index contributed by atoms with van der Waals surface area (Å²) in [7, 11) is 3.57. The second-order valence-electron chi connectivity index (χ2n) is 8.82. The summed E-state index contributed by atoms with van der Waals surface area (Å²) in [6, 6.07) is 21.4. The number of likely N-dealkylation sites (tertiary alicyclic amines) is 1. The lowest BCUT2D eigenvalue weighted by Crippen LogP contribution is -2.46. The minimum Gasteiger partial charge on any atom is -0.359 e. The molecule has 2 aromatic rings. The summed E-state index contributed by atoms with van der Waals surface area (Å²) < 4.78 is 0. The van der Waals surface area contributed by atoms with Gasteiger partial charge in [-0.2, -0.15) is 0 Å². The van der Waals surface area contributed by atoms with Crippen LogP contribution in [0, 0.1) is 5.92 Å². The Labute approximate surface area is 199 Å². The van der Waals surface area contributed by atoms with Crippen molar-refractivity contribution in [3.63, 3.8) is 0 Å². The molecule has 0 bridgehead atoms. The molecule has 0 atom stereocenters. The normalized spacial score (nSPS) is 15.0. The lowest BCUT2D eigenvalue weighted by molar-refractivity contribution is -0.121. The molecule has 6 nitrogen and oxygen atoms in total. The van der Waals surface area contributed by atoms with Crippen LogP contribution in [0.1, 0.15) is 36.8 Å². The molecule has 1 saturated heterocycles. The summed E-state index contributed by atoms with van der Waals surface area (Å²) >= 11 is 0. The molecular weight excluding hydrogens is 410 g/mol. The van der Waals surface area contributed by atoms with Gasteiger partial charge in [0.2, 0.25) is 5.91 Å². The van der Waals surface area contributed by atoms with Gasteiger partial charge in [-0.3, -0.25) is 14.7 Å². The standard InChI is InChI=1S/C27H39N5O/c1-28-26(33)20-23-14-18-32(19-15-23)27(29-2)30-16-9-17-31(21-24-10-5-3-6-11-24)22-25-12-7-4-8-13-25/h3-8,10-13,23H,9,14-22H2,1-2H3,(H,28,33)(H,29,30). The van der Waals surface area contributed by atoms with Gasteiger partial charge >= 0.3 is 0 Å². The van der Waals surface area contributed by atoms with E-state index in [9.17, 15) is 4.79 Å². The highest BCUT2D eigenvalue weighted by Crippen LogP contribution is 2.20. The number of hydrogen-bond donors (Lipinski definition) is 2. The van der Waals surface area contributed by atoms with Gasteiger partial charge in [-0.1, -0.05) is 60.7 Å². The fourth-order valence-electron chi connectivity index (χ4n) is 4.45.